The van der Waals surface area contributed by atoms with E-state index in [1.165, 1.54) is 6.07 Å². The number of benzene rings is 1. The van der Waals surface area contributed by atoms with E-state index in [0.717, 1.165) is 12.1 Å². The fraction of sp³-hybridized carbons (Fsp3) is 0.364. The van der Waals surface area contributed by atoms with E-state index in [9.17, 15) is 22.4 Å². The number of alkyl halides is 3. The summed E-state index contributed by atoms with van der Waals surface area (Å²) in [7, 11) is 0. The van der Waals surface area contributed by atoms with E-state index in [2.05, 4.69) is 15.9 Å². The van der Waals surface area contributed by atoms with Crippen LogP contribution < -0.4 is 5.32 Å². The molecule has 7 heteroatoms. The first kappa shape index (κ1) is 13.3. The second-order valence-electron chi connectivity index (χ2n) is 4.16. The Morgan fingerprint density at radius 3 is 2.39 bits per heavy atom. The molecule has 0 bridgehead atoms. The summed E-state index contributed by atoms with van der Waals surface area (Å²) in [4.78, 5) is 11.6. The highest BCUT2D eigenvalue weighted by Gasteiger charge is 2.64. The summed E-state index contributed by atoms with van der Waals surface area (Å²) in [5.41, 5.74) is -2.57. The topological polar surface area (TPSA) is 29.1 Å². The molecule has 18 heavy (non-hydrogen) atoms. The lowest BCUT2D eigenvalue weighted by molar-refractivity contribution is -0.163. The summed E-state index contributed by atoms with van der Waals surface area (Å²) in [5.74, 6) is -1.91. The fourth-order valence-corrected chi connectivity index (χ4v) is 1.90. The van der Waals surface area contributed by atoms with E-state index in [-0.39, 0.29) is 12.8 Å². The van der Waals surface area contributed by atoms with Crippen LogP contribution >= 0.6 is 15.9 Å². The van der Waals surface area contributed by atoms with Gasteiger partial charge >= 0.3 is 6.18 Å². The average molecular weight is 326 g/mol. The third-order valence-corrected chi connectivity index (χ3v) is 3.31. The van der Waals surface area contributed by atoms with Crippen LogP contribution in [0.1, 0.15) is 23.2 Å². The summed E-state index contributed by atoms with van der Waals surface area (Å²) in [6.45, 7) is 0. The Bertz CT molecular complexity index is 496. The molecule has 0 aromatic heterocycles. The summed E-state index contributed by atoms with van der Waals surface area (Å²) in [6.07, 6.45) is -4.84. The van der Waals surface area contributed by atoms with Crippen molar-refractivity contribution in [3.63, 3.8) is 0 Å². The summed E-state index contributed by atoms with van der Waals surface area (Å²) in [5, 5.41) is 1.86. The highest BCUT2D eigenvalue weighted by molar-refractivity contribution is 9.10. The number of hydrogen-bond acceptors (Lipinski definition) is 1. The first-order chi connectivity index (χ1) is 8.25. The van der Waals surface area contributed by atoms with Crippen LogP contribution in [-0.4, -0.2) is 17.6 Å². The lowest BCUT2D eigenvalue weighted by Crippen LogP contribution is -2.48. The standard InChI is InChI=1S/C11H8BrF4NO/c12-6-1-2-7(8(13)5-6)9(18)17-10(3-4-10)11(14,15)16/h1-2,5H,3-4H2,(H,17,18). The van der Waals surface area contributed by atoms with Gasteiger partial charge in [-0.05, 0) is 31.0 Å². The second kappa shape index (κ2) is 4.22. The molecule has 1 fully saturated rings. The second-order valence-corrected chi connectivity index (χ2v) is 5.07. The number of rotatable bonds is 2. The molecule has 1 aliphatic carbocycles. The van der Waals surface area contributed by atoms with Crippen molar-refractivity contribution in [3.05, 3.63) is 34.1 Å². The molecule has 1 aromatic rings. The Kier molecular flexibility index (Phi) is 3.12. The van der Waals surface area contributed by atoms with Gasteiger partial charge in [0.2, 0.25) is 0 Å². The highest BCUT2D eigenvalue weighted by Crippen LogP contribution is 2.49. The van der Waals surface area contributed by atoms with Crippen LogP contribution in [0.15, 0.2) is 22.7 Å². The van der Waals surface area contributed by atoms with E-state index in [0.29, 0.717) is 4.47 Å². The summed E-state index contributed by atoms with van der Waals surface area (Å²) >= 11 is 3.00. The molecule has 0 radical (unpaired) electrons. The van der Waals surface area contributed by atoms with Gasteiger partial charge in [0.15, 0.2) is 0 Å². The SMILES string of the molecule is O=C(NC1(C(F)(F)F)CC1)c1ccc(Br)cc1F. The Morgan fingerprint density at radius 2 is 1.94 bits per heavy atom. The van der Waals surface area contributed by atoms with Gasteiger partial charge in [0.05, 0.1) is 5.56 Å². The molecule has 1 amide bonds. The van der Waals surface area contributed by atoms with Crippen LogP contribution in [0.5, 0.6) is 0 Å². The van der Waals surface area contributed by atoms with Crippen LogP contribution in [0, 0.1) is 5.82 Å². The van der Waals surface area contributed by atoms with Crippen molar-refractivity contribution in [3.8, 4) is 0 Å². The molecule has 2 rings (SSSR count). The Balaban J connectivity index is 2.19. The molecule has 1 aromatic carbocycles. The number of halogens is 5. The van der Waals surface area contributed by atoms with Crippen LogP contribution in [0.25, 0.3) is 0 Å². The molecule has 1 saturated carbocycles. The molecule has 0 unspecified atom stereocenters. The fourth-order valence-electron chi connectivity index (χ4n) is 1.56. The van der Waals surface area contributed by atoms with Crippen LogP contribution in [-0.2, 0) is 0 Å². The quantitative estimate of drug-likeness (QED) is 0.829. The monoisotopic (exact) mass is 325 g/mol. The highest BCUT2D eigenvalue weighted by atomic mass is 79.9. The minimum absolute atomic E-state index is 0.166. The van der Waals surface area contributed by atoms with Gasteiger partial charge in [0.1, 0.15) is 11.4 Å². The molecule has 1 N–H and O–H groups in total. The van der Waals surface area contributed by atoms with Gasteiger partial charge in [-0.25, -0.2) is 4.39 Å². The van der Waals surface area contributed by atoms with Crippen molar-refractivity contribution in [2.75, 3.05) is 0 Å². The largest absolute Gasteiger partial charge is 0.411 e. The molecular weight excluding hydrogens is 318 g/mol. The lowest BCUT2D eigenvalue weighted by atomic mass is 10.1. The van der Waals surface area contributed by atoms with Gasteiger partial charge < -0.3 is 5.32 Å². The minimum atomic E-state index is -4.51. The maximum atomic E-state index is 13.4. The lowest BCUT2D eigenvalue weighted by Gasteiger charge is -2.20. The Morgan fingerprint density at radius 1 is 1.33 bits per heavy atom. The molecule has 2 nitrogen and oxygen atoms in total. The van der Waals surface area contributed by atoms with E-state index < -0.39 is 29.0 Å². The van der Waals surface area contributed by atoms with E-state index in [1.807, 2.05) is 5.32 Å². The molecule has 98 valence electrons. The van der Waals surface area contributed by atoms with Gasteiger partial charge in [-0.1, -0.05) is 15.9 Å². The predicted octanol–water partition coefficient (Wildman–Crippen LogP) is 3.41. The first-order valence-electron chi connectivity index (χ1n) is 5.09. The minimum Gasteiger partial charge on any atom is -0.338 e. The van der Waals surface area contributed by atoms with Crippen LogP contribution in [0.3, 0.4) is 0 Å². The van der Waals surface area contributed by atoms with Crippen molar-refractivity contribution >= 4 is 21.8 Å². The maximum absolute atomic E-state index is 13.4. The van der Waals surface area contributed by atoms with E-state index in [4.69, 9.17) is 0 Å². The van der Waals surface area contributed by atoms with Crippen molar-refractivity contribution in [2.45, 2.75) is 24.6 Å². The molecule has 0 saturated heterocycles. The van der Waals surface area contributed by atoms with Crippen LogP contribution in [0.4, 0.5) is 17.6 Å². The zero-order valence-electron chi connectivity index (χ0n) is 8.94. The van der Waals surface area contributed by atoms with Gasteiger partial charge in [-0.15, -0.1) is 0 Å². The molecule has 0 heterocycles. The van der Waals surface area contributed by atoms with Gasteiger partial charge in [0, 0.05) is 4.47 Å². The zero-order valence-corrected chi connectivity index (χ0v) is 10.5. The Labute approximate surface area is 108 Å². The molecule has 0 aliphatic heterocycles. The molecule has 1 aliphatic rings. The number of hydrogen-bond donors (Lipinski definition) is 1. The van der Waals surface area contributed by atoms with Gasteiger partial charge in [-0.2, -0.15) is 13.2 Å². The van der Waals surface area contributed by atoms with Gasteiger partial charge in [0.25, 0.3) is 5.91 Å². The van der Waals surface area contributed by atoms with Crippen molar-refractivity contribution < 1.29 is 22.4 Å². The third kappa shape index (κ3) is 2.36. The van der Waals surface area contributed by atoms with E-state index in [1.54, 1.807) is 0 Å². The molecule has 0 spiro atoms. The van der Waals surface area contributed by atoms with E-state index >= 15 is 0 Å². The number of carbonyl (C=O) groups is 1. The molecule has 0 atom stereocenters. The first-order valence-corrected chi connectivity index (χ1v) is 5.89. The number of amides is 1. The normalized spacial score (nSPS) is 17.4. The van der Waals surface area contributed by atoms with Crippen LogP contribution in [0.2, 0.25) is 0 Å². The molecular formula is C11H8BrF4NO. The predicted molar refractivity (Wildman–Crippen MR) is 59.6 cm³/mol. The number of carbonyl (C=O) groups excluding carboxylic acids is 1. The number of nitrogens with one attached hydrogen (secondary N) is 1. The van der Waals surface area contributed by atoms with Crippen molar-refractivity contribution in [2.24, 2.45) is 0 Å². The smallest absolute Gasteiger partial charge is 0.338 e. The van der Waals surface area contributed by atoms with Crippen molar-refractivity contribution in [1.29, 1.82) is 0 Å². The zero-order chi connectivity index (χ0) is 13.6. The summed E-state index contributed by atoms with van der Waals surface area (Å²) in [6, 6.07) is 3.56. The van der Waals surface area contributed by atoms with Crippen molar-refractivity contribution in [1.82, 2.24) is 5.32 Å². The van der Waals surface area contributed by atoms with Gasteiger partial charge in [-0.3, -0.25) is 4.79 Å². The maximum Gasteiger partial charge on any atom is 0.411 e. The Hall–Kier alpha value is -1.11. The average Bonchev–Trinajstić information content (AvgIpc) is 2.97. The summed E-state index contributed by atoms with van der Waals surface area (Å²) < 4.78 is 51.7. The third-order valence-electron chi connectivity index (χ3n) is 2.82.